The highest BCUT2D eigenvalue weighted by Gasteiger charge is 2.21. The van der Waals surface area contributed by atoms with Gasteiger partial charge in [0.25, 0.3) is 0 Å². The van der Waals surface area contributed by atoms with E-state index in [-0.39, 0.29) is 6.10 Å². The van der Waals surface area contributed by atoms with E-state index in [9.17, 15) is 5.11 Å². The van der Waals surface area contributed by atoms with Gasteiger partial charge < -0.3 is 10.4 Å². The van der Waals surface area contributed by atoms with Crippen molar-refractivity contribution in [2.24, 2.45) is 11.8 Å². The first-order valence-corrected chi connectivity index (χ1v) is 7.65. The van der Waals surface area contributed by atoms with E-state index in [1.54, 1.807) is 0 Å². The molecular formula is C15H29NO. The molecule has 3 unspecified atom stereocenters. The molecule has 0 heterocycles. The Morgan fingerprint density at radius 1 is 1.12 bits per heavy atom. The summed E-state index contributed by atoms with van der Waals surface area (Å²) in [5.41, 5.74) is 0. The van der Waals surface area contributed by atoms with Crippen LogP contribution in [0.15, 0.2) is 0 Å². The van der Waals surface area contributed by atoms with Crippen LogP contribution >= 0.6 is 0 Å². The largest absolute Gasteiger partial charge is 0.392 e. The summed E-state index contributed by atoms with van der Waals surface area (Å²) < 4.78 is 0. The minimum absolute atomic E-state index is 0.115. The Balaban J connectivity index is 1.59. The Hall–Kier alpha value is -0.0800. The molecule has 2 nitrogen and oxygen atoms in total. The molecule has 2 aliphatic rings. The van der Waals surface area contributed by atoms with Crippen LogP contribution in [0.3, 0.4) is 0 Å². The molecule has 2 saturated carbocycles. The van der Waals surface area contributed by atoms with Crippen LogP contribution in [0, 0.1) is 11.8 Å². The van der Waals surface area contributed by atoms with Crippen molar-refractivity contribution in [1.82, 2.24) is 5.32 Å². The Morgan fingerprint density at radius 2 is 1.88 bits per heavy atom. The molecule has 0 radical (unpaired) electrons. The van der Waals surface area contributed by atoms with Crippen molar-refractivity contribution in [2.75, 3.05) is 6.54 Å². The standard InChI is InChI=1S/C15H29NO/c1-12-5-4-8-14(9-12)16-11-15(17)10-13-6-2-3-7-13/h12-17H,2-11H2,1H3. The second kappa shape index (κ2) is 6.75. The van der Waals surface area contributed by atoms with E-state index in [1.165, 1.54) is 51.4 Å². The summed E-state index contributed by atoms with van der Waals surface area (Å²) >= 11 is 0. The van der Waals surface area contributed by atoms with Crippen LogP contribution in [-0.2, 0) is 0 Å². The van der Waals surface area contributed by atoms with Crippen LogP contribution < -0.4 is 5.32 Å². The zero-order valence-electron chi connectivity index (χ0n) is 11.3. The van der Waals surface area contributed by atoms with E-state index >= 15 is 0 Å². The van der Waals surface area contributed by atoms with Crippen molar-refractivity contribution in [2.45, 2.75) is 76.9 Å². The molecule has 0 saturated heterocycles. The summed E-state index contributed by atoms with van der Waals surface area (Å²) in [6.07, 6.45) is 11.7. The van der Waals surface area contributed by atoms with Crippen LogP contribution in [0.5, 0.6) is 0 Å². The topological polar surface area (TPSA) is 32.3 Å². The van der Waals surface area contributed by atoms with Gasteiger partial charge in [0.05, 0.1) is 6.10 Å². The number of hydrogen-bond donors (Lipinski definition) is 2. The molecule has 0 aliphatic heterocycles. The van der Waals surface area contributed by atoms with Crippen LogP contribution in [0.25, 0.3) is 0 Å². The minimum Gasteiger partial charge on any atom is -0.392 e. The van der Waals surface area contributed by atoms with Crippen molar-refractivity contribution in [3.8, 4) is 0 Å². The summed E-state index contributed by atoms with van der Waals surface area (Å²) in [6, 6.07) is 0.664. The Bertz CT molecular complexity index is 213. The second-order valence-electron chi connectivity index (χ2n) is 6.42. The van der Waals surface area contributed by atoms with Gasteiger partial charge in [-0.05, 0) is 31.1 Å². The van der Waals surface area contributed by atoms with Gasteiger partial charge in [-0.3, -0.25) is 0 Å². The van der Waals surface area contributed by atoms with Gasteiger partial charge in [-0.2, -0.15) is 0 Å². The number of aliphatic hydroxyl groups excluding tert-OH is 1. The van der Waals surface area contributed by atoms with E-state index in [0.29, 0.717) is 6.04 Å². The van der Waals surface area contributed by atoms with Crippen molar-refractivity contribution < 1.29 is 5.11 Å². The molecule has 2 heteroatoms. The zero-order chi connectivity index (χ0) is 12.1. The lowest BCUT2D eigenvalue weighted by Crippen LogP contribution is -2.38. The quantitative estimate of drug-likeness (QED) is 0.772. The number of nitrogens with one attached hydrogen (secondary N) is 1. The molecule has 3 atom stereocenters. The van der Waals surface area contributed by atoms with Gasteiger partial charge in [0, 0.05) is 12.6 Å². The summed E-state index contributed by atoms with van der Waals surface area (Å²) in [7, 11) is 0. The molecule has 17 heavy (non-hydrogen) atoms. The SMILES string of the molecule is CC1CCCC(NCC(O)CC2CCCC2)C1. The molecule has 100 valence electrons. The summed E-state index contributed by atoms with van der Waals surface area (Å²) in [4.78, 5) is 0. The normalized spacial score (nSPS) is 32.8. The third kappa shape index (κ3) is 4.59. The first-order chi connectivity index (χ1) is 8.24. The molecule has 2 fully saturated rings. The molecule has 2 aliphatic carbocycles. The van der Waals surface area contributed by atoms with Crippen LogP contribution in [0.1, 0.15) is 64.7 Å². The molecule has 0 spiro atoms. The van der Waals surface area contributed by atoms with Gasteiger partial charge in [-0.1, -0.05) is 45.4 Å². The fourth-order valence-corrected chi connectivity index (χ4v) is 3.64. The molecule has 0 aromatic carbocycles. The maximum absolute atomic E-state index is 10.0. The second-order valence-corrected chi connectivity index (χ2v) is 6.42. The summed E-state index contributed by atoms with van der Waals surface area (Å²) in [5, 5.41) is 13.6. The Morgan fingerprint density at radius 3 is 2.59 bits per heavy atom. The van der Waals surface area contributed by atoms with E-state index in [1.807, 2.05) is 0 Å². The van der Waals surface area contributed by atoms with E-state index < -0.39 is 0 Å². The highest BCUT2D eigenvalue weighted by Crippen LogP contribution is 2.28. The third-order valence-corrected chi connectivity index (χ3v) is 4.66. The highest BCUT2D eigenvalue weighted by molar-refractivity contribution is 4.78. The number of aliphatic hydroxyl groups is 1. The monoisotopic (exact) mass is 239 g/mol. The van der Waals surface area contributed by atoms with Crippen LogP contribution in [0.2, 0.25) is 0 Å². The lowest BCUT2D eigenvalue weighted by atomic mass is 9.87. The van der Waals surface area contributed by atoms with Gasteiger partial charge in [0.2, 0.25) is 0 Å². The molecule has 0 amide bonds. The predicted molar refractivity (Wildman–Crippen MR) is 72.0 cm³/mol. The van der Waals surface area contributed by atoms with Gasteiger partial charge in [0.15, 0.2) is 0 Å². The van der Waals surface area contributed by atoms with Crippen LogP contribution in [-0.4, -0.2) is 23.8 Å². The molecule has 2 N–H and O–H groups in total. The first-order valence-electron chi connectivity index (χ1n) is 7.65. The fraction of sp³-hybridized carbons (Fsp3) is 1.00. The van der Waals surface area contributed by atoms with Gasteiger partial charge in [-0.15, -0.1) is 0 Å². The van der Waals surface area contributed by atoms with Crippen molar-refractivity contribution in [1.29, 1.82) is 0 Å². The average Bonchev–Trinajstić information content (AvgIpc) is 2.79. The van der Waals surface area contributed by atoms with E-state index in [2.05, 4.69) is 12.2 Å². The molecule has 0 aromatic heterocycles. The maximum Gasteiger partial charge on any atom is 0.0667 e. The Labute approximate surface area is 106 Å². The van der Waals surface area contributed by atoms with Crippen molar-refractivity contribution >= 4 is 0 Å². The lowest BCUT2D eigenvalue weighted by Gasteiger charge is -2.28. The van der Waals surface area contributed by atoms with Gasteiger partial charge in [0.1, 0.15) is 0 Å². The number of rotatable bonds is 5. The first kappa shape index (κ1) is 13.4. The summed E-state index contributed by atoms with van der Waals surface area (Å²) in [6.45, 7) is 3.16. The van der Waals surface area contributed by atoms with Gasteiger partial charge in [-0.25, -0.2) is 0 Å². The minimum atomic E-state index is -0.115. The Kier molecular flexibility index (Phi) is 5.30. The molecule has 2 rings (SSSR count). The highest BCUT2D eigenvalue weighted by atomic mass is 16.3. The fourth-order valence-electron chi connectivity index (χ4n) is 3.64. The predicted octanol–water partition coefficient (Wildman–Crippen LogP) is 3.10. The van der Waals surface area contributed by atoms with Gasteiger partial charge >= 0.3 is 0 Å². The van der Waals surface area contributed by atoms with Crippen molar-refractivity contribution in [3.05, 3.63) is 0 Å². The van der Waals surface area contributed by atoms with E-state index in [4.69, 9.17) is 0 Å². The lowest BCUT2D eigenvalue weighted by molar-refractivity contribution is 0.132. The zero-order valence-corrected chi connectivity index (χ0v) is 11.3. The molecule has 0 bridgehead atoms. The maximum atomic E-state index is 10.0. The number of hydrogen-bond acceptors (Lipinski definition) is 2. The smallest absolute Gasteiger partial charge is 0.0667 e. The molecule has 0 aromatic rings. The van der Waals surface area contributed by atoms with E-state index in [0.717, 1.165) is 24.8 Å². The summed E-state index contributed by atoms with van der Waals surface area (Å²) in [5.74, 6) is 1.67. The van der Waals surface area contributed by atoms with Crippen LogP contribution in [0.4, 0.5) is 0 Å². The van der Waals surface area contributed by atoms with Crippen molar-refractivity contribution in [3.63, 3.8) is 0 Å². The third-order valence-electron chi connectivity index (χ3n) is 4.66. The average molecular weight is 239 g/mol. The molecular weight excluding hydrogens is 210 g/mol.